The van der Waals surface area contributed by atoms with Crippen LogP contribution in [-0.4, -0.2) is 15.3 Å². The van der Waals surface area contributed by atoms with Crippen LogP contribution in [-0.2, 0) is 16.9 Å². The summed E-state index contributed by atoms with van der Waals surface area (Å²) in [7, 11) is 0. The van der Waals surface area contributed by atoms with Gasteiger partial charge in [-0.2, -0.15) is 0 Å². The van der Waals surface area contributed by atoms with Crippen LogP contribution in [0.15, 0.2) is 18.2 Å². The molecule has 20 heavy (non-hydrogen) atoms. The zero-order chi connectivity index (χ0) is 13.9. The van der Waals surface area contributed by atoms with Gasteiger partial charge in [0.1, 0.15) is 11.4 Å². The Balaban J connectivity index is 1.94. The van der Waals surface area contributed by atoms with E-state index in [2.05, 4.69) is 10.2 Å². The monoisotopic (exact) mass is 269 g/mol. The van der Waals surface area contributed by atoms with Crippen LogP contribution >= 0.6 is 0 Å². The molecule has 0 unspecified atom stereocenters. The molecule has 1 aliphatic carbocycles. The number of fused-ring (bicyclic) bond motifs is 2. The first-order valence-corrected chi connectivity index (χ1v) is 6.70. The number of anilines is 1. The summed E-state index contributed by atoms with van der Waals surface area (Å²) in [6.07, 6.45) is 1.96. The van der Waals surface area contributed by atoms with Crippen molar-refractivity contribution in [2.24, 2.45) is 0 Å². The maximum absolute atomic E-state index is 10.2. The molecule has 1 saturated carbocycles. The van der Waals surface area contributed by atoms with Gasteiger partial charge in [-0.1, -0.05) is 6.07 Å². The Labute approximate surface area is 116 Å². The molecule has 4 rings (SSSR count). The fourth-order valence-electron chi connectivity index (χ4n) is 2.98. The zero-order valence-electron chi connectivity index (χ0n) is 11.2. The average Bonchev–Trinajstić information content (AvgIpc) is 3.07. The Hall–Kier alpha value is -2.14. The van der Waals surface area contributed by atoms with Crippen LogP contribution in [0.3, 0.4) is 0 Å². The second-order valence-electron chi connectivity index (χ2n) is 5.59. The summed E-state index contributed by atoms with van der Waals surface area (Å²) < 4.78 is 5.89. The molecule has 5 nitrogen and oxygen atoms in total. The summed E-state index contributed by atoms with van der Waals surface area (Å²) in [5.41, 5.74) is 10.0. The molecule has 1 aromatic heterocycles. The van der Waals surface area contributed by atoms with Gasteiger partial charge >= 0.3 is 0 Å². The minimum Gasteiger partial charge on any atom is -0.507 e. The van der Waals surface area contributed by atoms with E-state index >= 15 is 0 Å². The van der Waals surface area contributed by atoms with Crippen LogP contribution in [0.1, 0.15) is 29.5 Å². The van der Waals surface area contributed by atoms with Gasteiger partial charge in [0.15, 0.2) is 5.82 Å². The number of aromatic nitrogens is 2. The van der Waals surface area contributed by atoms with E-state index in [1.165, 1.54) is 0 Å². The zero-order valence-corrected chi connectivity index (χ0v) is 11.2. The number of hydrogen-bond acceptors (Lipinski definition) is 5. The van der Waals surface area contributed by atoms with E-state index in [4.69, 9.17) is 10.5 Å². The molecular formula is C15H15N3O2. The minimum atomic E-state index is -0.232. The molecule has 2 aliphatic rings. The van der Waals surface area contributed by atoms with Crippen molar-refractivity contribution < 1.29 is 9.84 Å². The maximum Gasteiger partial charge on any atom is 0.152 e. The lowest BCUT2D eigenvalue weighted by Gasteiger charge is -2.11. The van der Waals surface area contributed by atoms with Gasteiger partial charge in [0.05, 0.1) is 12.2 Å². The van der Waals surface area contributed by atoms with E-state index in [1.54, 1.807) is 6.07 Å². The largest absolute Gasteiger partial charge is 0.507 e. The Morgan fingerprint density at radius 1 is 1.30 bits per heavy atom. The minimum absolute atomic E-state index is 0.211. The molecule has 0 bridgehead atoms. The van der Waals surface area contributed by atoms with Gasteiger partial charge in [-0.15, -0.1) is 10.2 Å². The smallest absolute Gasteiger partial charge is 0.152 e. The molecule has 102 valence electrons. The summed E-state index contributed by atoms with van der Waals surface area (Å²) in [4.78, 5) is 0. The van der Waals surface area contributed by atoms with Gasteiger partial charge in [-0.05, 0) is 37.5 Å². The van der Waals surface area contributed by atoms with Crippen molar-refractivity contribution in [1.82, 2.24) is 10.2 Å². The molecule has 0 radical (unpaired) electrons. The molecule has 1 spiro atoms. The summed E-state index contributed by atoms with van der Waals surface area (Å²) in [5.74, 6) is 0.661. The van der Waals surface area contributed by atoms with Crippen molar-refractivity contribution in [3.05, 3.63) is 34.9 Å². The van der Waals surface area contributed by atoms with Crippen LogP contribution in [0, 0.1) is 6.92 Å². The van der Waals surface area contributed by atoms with Gasteiger partial charge in [-0.3, -0.25) is 0 Å². The number of rotatable bonds is 1. The highest BCUT2D eigenvalue weighted by Crippen LogP contribution is 2.57. The molecule has 5 heteroatoms. The number of phenols is 1. The molecule has 0 atom stereocenters. The van der Waals surface area contributed by atoms with Gasteiger partial charge in [0, 0.05) is 16.7 Å². The summed E-state index contributed by atoms with van der Waals surface area (Å²) in [6.45, 7) is 2.42. The topological polar surface area (TPSA) is 81.3 Å². The van der Waals surface area contributed by atoms with E-state index in [0.29, 0.717) is 23.7 Å². The number of benzene rings is 1. The number of nitrogens with zero attached hydrogens (tertiary/aromatic N) is 2. The van der Waals surface area contributed by atoms with Crippen molar-refractivity contribution in [2.75, 3.05) is 5.73 Å². The first-order valence-electron chi connectivity index (χ1n) is 6.70. The third kappa shape index (κ3) is 1.47. The lowest BCUT2D eigenvalue weighted by Crippen LogP contribution is -2.09. The van der Waals surface area contributed by atoms with Crippen LogP contribution in [0.25, 0.3) is 11.3 Å². The maximum atomic E-state index is 10.2. The number of nitrogen functional groups attached to an aromatic ring is 1. The molecule has 1 fully saturated rings. The Morgan fingerprint density at radius 2 is 2.10 bits per heavy atom. The van der Waals surface area contributed by atoms with Crippen LogP contribution in [0.5, 0.6) is 5.75 Å². The SMILES string of the molecule is Cc1ccc(-c2nnc(N)c3c2COC32CC2)c(O)c1. The number of aryl methyl sites for hydroxylation is 1. The van der Waals surface area contributed by atoms with E-state index in [-0.39, 0.29) is 11.4 Å². The number of aromatic hydroxyl groups is 1. The van der Waals surface area contributed by atoms with Gasteiger partial charge in [0.25, 0.3) is 0 Å². The second-order valence-corrected chi connectivity index (χ2v) is 5.59. The average molecular weight is 269 g/mol. The number of nitrogens with two attached hydrogens (primary N) is 1. The fraction of sp³-hybridized carbons (Fsp3) is 0.333. The first-order chi connectivity index (χ1) is 9.61. The predicted octanol–water partition coefficient (Wildman–Crippen LogP) is 2.26. The predicted molar refractivity (Wildman–Crippen MR) is 74.0 cm³/mol. The molecule has 1 aromatic carbocycles. The fourth-order valence-corrected chi connectivity index (χ4v) is 2.98. The van der Waals surface area contributed by atoms with Crippen LogP contribution in [0.2, 0.25) is 0 Å². The quantitative estimate of drug-likeness (QED) is 0.830. The first kappa shape index (κ1) is 11.7. The standard InChI is InChI=1S/C15H15N3O2/c1-8-2-3-9(11(19)6-8)13-10-7-20-15(4-5-15)12(10)14(16)18-17-13/h2-3,6,19H,4-5,7H2,1H3,(H2,16,18). The van der Waals surface area contributed by atoms with E-state index in [0.717, 1.165) is 29.5 Å². The molecular weight excluding hydrogens is 254 g/mol. The van der Waals surface area contributed by atoms with Crippen LogP contribution in [0.4, 0.5) is 5.82 Å². The van der Waals surface area contributed by atoms with Gasteiger partial charge in [0.2, 0.25) is 0 Å². The Kier molecular flexibility index (Phi) is 2.16. The lowest BCUT2D eigenvalue weighted by molar-refractivity contribution is 0.0446. The van der Waals surface area contributed by atoms with Gasteiger partial charge < -0.3 is 15.6 Å². The number of hydrogen-bond donors (Lipinski definition) is 2. The third-order valence-corrected chi connectivity index (χ3v) is 4.16. The van der Waals surface area contributed by atoms with Crippen molar-refractivity contribution in [3.63, 3.8) is 0 Å². The van der Waals surface area contributed by atoms with Crippen molar-refractivity contribution in [1.29, 1.82) is 0 Å². The van der Waals surface area contributed by atoms with Crippen molar-refractivity contribution >= 4 is 5.82 Å². The van der Waals surface area contributed by atoms with E-state index in [1.807, 2.05) is 19.1 Å². The highest BCUT2D eigenvalue weighted by molar-refractivity contribution is 5.73. The highest BCUT2D eigenvalue weighted by atomic mass is 16.5. The normalized spacial score (nSPS) is 18.2. The van der Waals surface area contributed by atoms with Crippen molar-refractivity contribution in [3.8, 4) is 17.0 Å². The molecule has 2 heterocycles. The molecule has 2 aromatic rings. The Bertz CT molecular complexity index is 723. The van der Waals surface area contributed by atoms with E-state index in [9.17, 15) is 5.11 Å². The summed E-state index contributed by atoms with van der Waals surface area (Å²) in [5, 5.41) is 18.4. The van der Waals surface area contributed by atoms with Crippen molar-refractivity contribution in [2.45, 2.75) is 32.0 Å². The number of ether oxygens (including phenoxy) is 1. The van der Waals surface area contributed by atoms with E-state index < -0.39 is 0 Å². The molecule has 0 saturated heterocycles. The lowest BCUT2D eigenvalue weighted by atomic mass is 9.98. The molecule has 1 aliphatic heterocycles. The highest BCUT2D eigenvalue weighted by Gasteiger charge is 2.53. The third-order valence-electron chi connectivity index (χ3n) is 4.16. The van der Waals surface area contributed by atoms with Gasteiger partial charge in [-0.25, -0.2) is 0 Å². The Morgan fingerprint density at radius 3 is 2.80 bits per heavy atom. The summed E-state index contributed by atoms with van der Waals surface area (Å²) >= 11 is 0. The number of phenolic OH excluding ortho intramolecular Hbond substituents is 1. The molecule has 3 N–H and O–H groups in total. The summed E-state index contributed by atoms with van der Waals surface area (Å²) in [6, 6.07) is 5.54. The van der Waals surface area contributed by atoms with Crippen LogP contribution < -0.4 is 5.73 Å². The second kappa shape index (κ2) is 3.70. The molecule has 0 amide bonds.